The molecule has 13 heteroatoms. The van der Waals surface area contributed by atoms with E-state index >= 15 is 0 Å². The van der Waals surface area contributed by atoms with Crippen LogP contribution in [0.5, 0.6) is 11.6 Å². The summed E-state index contributed by atoms with van der Waals surface area (Å²) in [5.74, 6) is 0.137. The summed E-state index contributed by atoms with van der Waals surface area (Å²) in [7, 11) is 0. The molecule has 2 heterocycles. The maximum Gasteiger partial charge on any atom is 0.416 e. The minimum absolute atomic E-state index is 0.0171. The Balaban J connectivity index is 1.28. The predicted molar refractivity (Wildman–Crippen MR) is 164 cm³/mol. The molecule has 236 valence electrons. The second kappa shape index (κ2) is 12.9. The van der Waals surface area contributed by atoms with Gasteiger partial charge in [-0.1, -0.05) is 29.8 Å². The molecule has 2 amide bonds. The first kappa shape index (κ1) is 32.0. The summed E-state index contributed by atoms with van der Waals surface area (Å²) in [6.07, 6.45) is -3.81. The number of hydrogen-bond donors (Lipinski definition) is 1. The van der Waals surface area contributed by atoms with Gasteiger partial charge >= 0.3 is 12.3 Å². The number of hydrogen-bond acceptors (Lipinski definition) is 7. The van der Waals surface area contributed by atoms with Gasteiger partial charge in [0.1, 0.15) is 22.8 Å². The van der Waals surface area contributed by atoms with Crippen molar-refractivity contribution >= 4 is 40.1 Å². The molecule has 3 aromatic carbocycles. The zero-order valence-corrected chi connectivity index (χ0v) is 25.6. The number of amides is 2. The molecule has 4 aromatic rings. The molecule has 1 aliphatic rings. The van der Waals surface area contributed by atoms with Crippen molar-refractivity contribution in [3.8, 4) is 11.6 Å². The van der Waals surface area contributed by atoms with Crippen molar-refractivity contribution in [3.05, 3.63) is 88.8 Å². The number of nitrogens with zero attached hydrogens (tertiary/aromatic N) is 4. The van der Waals surface area contributed by atoms with Gasteiger partial charge in [0.15, 0.2) is 0 Å². The average molecular weight is 642 g/mol. The van der Waals surface area contributed by atoms with Gasteiger partial charge in [0.25, 0.3) is 5.91 Å². The standard InChI is InChI=1S/C32H31ClF3N5O4/c1-31(2,3)45-30(43)41-13-11-40(12-14-41)18-21-7-8-22(16-26(21)32(34,35)36)39-29(42)25-6-4-5-20-15-23(9-10-24(20)25)44-28-17-27(33)37-19-38-28/h4-10,15-17,19H,11-14,18H2,1-3H3,(H,39,42). The van der Waals surface area contributed by atoms with Gasteiger partial charge < -0.3 is 19.7 Å². The van der Waals surface area contributed by atoms with Gasteiger partial charge in [-0.15, -0.1) is 0 Å². The number of carbonyl (C=O) groups excluding carboxylic acids is 2. The molecule has 1 aliphatic heterocycles. The van der Waals surface area contributed by atoms with Crippen LogP contribution in [-0.4, -0.2) is 63.5 Å². The number of alkyl halides is 3. The molecule has 0 unspecified atom stereocenters. The lowest BCUT2D eigenvalue weighted by Gasteiger charge is -2.36. The van der Waals surface area contributed by atoms with E-state index in [0.29, 0.717) is 42.7 Å². The van der Waals surface area contributed by atoms with E-state index in [-0.39, 0.29) is 34.4 Å². The number of ether oxygens (including phenoxy) is 2. The van der Waals surface area contributed by atoms with Gasteiger partial charge in [0.2, 0.25) is 5.88 Å². The zero-order chi connectivity index (χ0) is 32.4. The Morgan fingerprint density at radius 2 is 1.71 bits per heavy atom. The summed E-state index contributed by atoms with van der Waals surface area (Å²) in [6.45, 7) is 6.86. The SMILES string of the molecule is CC(C)(C)OC(=O)N1CCN(Cc2ccc(NC(=O)c3cccc4cc(Oc5cc(Cl)ncn5)ccc34)cc2C(F)(F)F)CC1. The highest BCUT2D eigenvalue weighted by Gasteiger charge is 2.35. The Bertz CT molecular complexity index is 1720. The lowest BCUT2D eigenvalue weighted by atomic mass is 10.0. The smallest absolute Gasteiger partial charge is 0.416 e. The molecule has 1 fully saturated rings. The number of rotatable bonds is 6. The van der Waals surface area contributed by atoms with Crippen molar-refractivity contribution in [2.24, 2.45) is 0 Å². The molecule has 0 saturated carbocycles. The van der Waals surface area contributed by atoms with Crippen molar-refractivity contribution in [2.75, 3.05) is 31.5 Å². The highest BCUT2D eigenvalue weighted by Crippen LogP contribution is 2.35. The monoisotopic (exact) mass is 641 g/mol. The molecule has 0 atom stereocenters. The van der Waals surface area contributed by atoms with Crippen LogP contribution in [-0.2, 0) is 17.5 Å². The minimum atomic E-state index is -4.64. The number of benzene rings is 3. The van der Waals surface area contributed by atoms with Crippen LogP contribution in [0.25, 0.3) is 10.8 Å². The van der Waals surface area contributed by atoms with Crippen LogP contribution in [0.4, 0.5) is 23.7 Å². The molecule has 0 radical (unpaired) electrons. The molecule has 1 N–H and O–H groups in total. The number of anilines is 1. The van der Waals surface area contributed by atoms with Crippen LogP contribution in [0, 0.1) is 0 Å². The normalized spacial score (nSPS) is 14.3. The van der Waals surface area contributed by atoms with E-state index in [2.05, 4.69) is 15.3 Å². The van der Waals surface area contributed by atoms with Crippen molar-refractivity contribution in [1.82, 2.24) is 19.8 Å². The Morgan fingerprint density at radius 1 is 0.956 bits per heavy atom. The largest absolute Gasteiger partial charge is 0.444 e. The van der Waals surface area contributed by atoms with Crippen LogP contribution in [0.1, 0.15) is 42.3 Å². The van der Waals surface area contributed by atoms with Crippen molar-refractivity contribution in [3.63, 3.8) is 0 Å². The maximum atomic E-state index is 14.2. The number of nitrogens with one attached hydrogen (secondary N) is 1. The first-order valence-electron chi connectivity index (χ1n) is 14.2. The molecule has 0 bridgehead atoms. The van der Waals surface area contributed by atoms with Gasteiger partial charge in [-0.3, -0.25) is 9.69 Å². The Labute approximate surface area is 262 Å². The van der Waals surface area contributed by atoms with Crippen molar-refractivity contribution < 1.29 is 32.2 Å². The predicted octanol–water partition coefficient (Wildman–Crippen LogP) is 7.40. The fourth-order valence-electron chi connectivity index (χ4n) is 4.93. The third kappa shape index (κ3) is 8.20. The number of piperazine rings is 1. The highest BCUT2D eigenvalue weighted by atomic mass is 35.5. The van der Waals surface area contributed by atoms with Crippen LogP contribution >= 0.6 is 11.6 Å². The number of halogens is 4. The summed E-state index contributed by atoms with van der Waals surface area (Å²) in [6, 6.07) is 15.4. The van der Waals surface area contributed by atoms with Gasteiger partial charge in [0, 0.05) is 50.0 Å². The van der Waals surface area contributed by atoms with E-state index in [1.807, 2.05) is 4.90 Å². The molecule has 9 nitrogen and oxygen atoms in total. The minimum Gasteiger partial charge on any atom is -0.444 e. The molecular weight excluding hydrogens is 611 g/mol. The van der Waals surface area contributed by atoms with E-state index in [1.165, 1.54) is 24.5 Å². The molecular formula is C32H31ClF3N5O4. The molecule has 1 aromatic heterocycles. The lowest BCUT2D eigenvalue weighted by Crippen LogP contribution is -2.49. The molecule has 0 aliphatic carbocycles. The second-order valence-electron chi connectivity index (χ2n) is 11.5. The topological polar surface area (TPSA) is 96.9 Å². The van der Waals surface area contributed by atoms with Crippen molar-refractivity contribution in [1.29, 1.82) is 0 Å². The van der Waals surface area contributed by atoms with Gasteiger partial charge in [-0.25, -0.2) is 14.8 Å². The fourth-order valence-corrected chi connectivity index (χ4v) is 5.06. The van der Waals surface area contributed by atoms with Gasteiger partial charge in [-0.05, 0) is 73.5 Å². The number of carbonyl (C=O) groups is 2. The van der Waals surface area contributed by atoms with Gasteiger partial charge in [-0.2, -0.15) is 13.2 Å². The Hall–Kier alpha value is -4.42. The van der Waals surface area contributed by atoms with E-state index in [9.17, 15) is 22.8 Å². The Morgan fingerprint density at radius 3 is 2.40 bits per heavy atom. The van der Waals surface area contributed by atoms with E-state index in [4.69, 9.17) is 21.1 Å². The lowest BCUT2D eigenvalue weighted by molar-refractivity contribution is -0.138. The molecule has 5 rings (SSSR count). The first-order valence-corrected chi connectivity index (χ1v) is 14.5. The van der Waals surface area contributed by atoms with Crippen LogP contribution in [0.2, 0.25) is 5.15 Å². The summed E-state index contributed by atoms with van der Waals surface area (Å²) in [5.41, 5.74) is -1.09. The fraction of sp³-hybridized carbons (Fsp3) is 0.312. The summed E-state index contributed by atoms with van der Waals surface area (Å²) < 4.78 is 53.6. The van der Waals surface area contributed by atoms with Gasteiger partial charge in [0.05, 0.1) is 5.56 Å². The molecule has 45 heavy (non-hydrogen) atoms. The van der Waals surface area contributed by atoms with Crippen LogP contribution < -0.4 is 10.1 Å². The maximum absolute atomic E-state index is 14.2. The summed E-state index contributed by atoms with van der Waals surface area (Å²) in [5, 5.41) is 4.10. The quantitative estimate of drug-likeness (QED) is 0.219. The first-order chi connectivity index (χ1) is 21.2. The van der Waals surface area contributed by atoms with Crippen LogP contribution in [0.15, 0.2) is 67.0 Å². The third-order valence-electron chi connectivity index (χ3n) is 7.02. The van der Waals surface area contributed by atoms with E-state index in [0.717, 1.165) is 6.07 Å². The summed E-state index contributed by atoms with van der Waals surface area (Å²) in [4.78, 5) is 36.9. The summed E-state index contributed by atoms with van der Waals surface area (Å²) >= 11 is 5.89. The number of aromatic nitrogens is 2. The Kier molecular flexibility index (Phi) is 9.17. The average Bonchev–Trinajstić information content (AvgIpc) is 2.96. The third-order valence-corrected chi connectivity index (χ3v) is 7.23. The molecule has 1 saturated heterocycles. The highest BCUT2D eigenvalue weighted by molar-refractivity contribution is 6.29. The van der Waals surface area contributed by atoms with E-state index in [1.54, 1.807) is 62.1 Å². The second-order valence-corrected chi connectivity index (χ2v) is 11.9. The number of fused-ring (bicyclic) bond motifs is 1. The molecule has 0 spiro atoms. The van der Waals surface area contributed by atoms with Crippen molar-refractivity contribution in [2.45, 2.75) is 39.1 Å². The van der Waals surface area contributed by atoms with Crippen LogP contribution in [0.3, 0.4) is 0 Å². The van der Waals surface area contributed by atoms with E-state index < -0.39 is 29.3 Å². The zero-order valence-electron chi connectivity index (χ0n) is 24.8.